The highest BCUT2D eigenvalue weighted by Gasteiger charge is 2.36. The minimum absolute atomic E-state index is 0.0212. The Morgan fingerprint density at radius 3 is 2.68 bits per heavy atom. The number of aliphatic hydroxyl groups excluding tert-OH is 1. The standard InChI is InChI=1S/C30H41N3O8/c1-7-11-32-25-19-12-16(2)13-23(39-6)26(35)24-14-18(4)27(41-30(31)37)22(38-5)10-8-9-17(3)29(36)33-20(15-21(25)34)28(19)40-24/h7-10,14-16,22-24,26-27,32,34-35H,1,11-13H2,2-6H3,(H2,31,37)(H,33,36)/b10-8-,17-9+,18-14+/t16-,22+,23+,24+,26+,27+/m1/s1. The number of amides is 2. The maximum absolute atomic E-state index is 13.2. The molecule has 3 rings (SSSR count). The molecule has 224 valence electrons. The fourth-order valence-electron chi connectivity index (χ4n) is 5.06. The summed E-state index contributed by atoms with van der Waals surface area (Å²) >= 11 is 0. The normalized spacial score (nSPS) is 30.2. The topological polar surface area (TPSA) is 162 Å². The molecule has 2 bridgehead atoms. The molecule has 6 atom stereocenters. The number of allylic oxidation sites excluding steroid dienone is 2. The van der Waals surface area contributed by atoms with Gasteiger partial charge < -0.3 is 45.5 Å². The van der Waals surface area contributed by atoms with Gasteiger partial charge in [0.05, 0.1) is 17.5 Å². The highest BCUT2D eigenvalue weighted by Crippen LogP contribution is 2.45. The molecule has 2 aliphatic rings. The Labute approximate surface area is 240 Å². The largest absolute Gasteiger partial charge is 0.506 e. The second-order valence-corrected chi connectivity index (χ2v) is 10.3. The fourth-order valence-corrected chi connectivity index (χ4v) is 5.06. The van der Waals surface area contributed by atoms with Gasteiger partial charge in [0.25, 0.3) is 5.91 Å². The van der Waals surface area contributed by atoms with Crippen molar-refractivity contribution in [3.05, 3.63) is 59.7 Å². The van der Waals surface area contributed by atoms with Crippen LogP contribution in [0.5, 0.6) is 11.5 Å². The van der Waals surface area contributed by atoms with E-state index in [1.807, 2.05) is 6.92 Å². The molecule has 0 radical (unpaired) electrons. The second-order valence-electron chi connectivity index (χ2n) is 10.3. The Bertz CT molecular complexity index is 1220. The summed E-state index contributed by atoms with van der Waals surface area (Å²) in [5.74, 6) is -0.264. The number of aliphatic hydroxyl groups is 1. The van der Waals surface area contributed by atoms with E-state index in [1.165, 1.54) is 20.3 Å². The third-order valence-electron chi connectivity index (χ3n) is 7.19. The molecule has 0 unspecified atom stereocenters. The maximum atomic E-state index is 13.2. The molecule has 0 aliphatic carbocycles. The lowest BCUT2D eigenvalue weighted by Crippen LogP contribution is -2.42. The van der Waals surface area contributed by atoms with Crippen LogP contribution in [0.2, 0.25) is 0 Å². The first-order valence-corrected chi connectivity index (χ1v) is 13.4. The lowest BCUT2D eigenvalue weighted by Gasteiger charge is -2.30. The second kappa shape index (κ2) is 14.2. The molecule has 1 aromatic rings. The number of rotatable bonds is 6. The Morgan fingerprint density at radius 2 is 2.05 bits per heavy atom. The van der Waals surface area contributed by atoms with Crippen LogP contribution < -0.4 is 21.1 Å². The Kier molecular flexibility index (Phi) is 11.0. The molecule has 2 aliphatic heterocycles. The smallest absolute Gasteiger partial charge is 0.405 e. The average molecular weight is 572 g/mol. The van der Waals surface area contributed by atoms with Crippen LogP contribution in [0.25, 0.3) is 0 Å². The van der Waals surface area contributed by atoms with Gasteiger partial charge in [-0.1, -0.05) is 31.2 Å². The number of nitrogens with one attached hydrogen (secondary N) is 2. The number of aromatic hydroxyl groups is 1. The minimum Gasteiger partial charge on any atom is -0.506 e. The molecule has 2 heterocycles. The summed E-state index contributed by atoms with van der Waals surface area (Å²) in [5.41, 5.74) is 7.52. The Balaban J connectivity index is 2.35. The number of phenols is 1. The molecule has 11 heteroatoms. The van der Waals surface area contributed by atoms with Crippen molar-refractivity contribution in [3.8, 4) is 11.5 Å². The Hall–Kier alpha value is -3.80. The number of hydrogen-bond donors (Lipinski definition) is 5. The summed E-state index contributed by atoms with van der Waals surface area (Å²) in [7, 11) is 2.96. The summed E-state index contributed by atoms with van der Waals surface area (Å²) in [6.45, 7) is 9.46. The van der Waals surface area contributed by atoms with E-state index in [9.17, 15) is 19.8 Å². The van der Waals surface area contributed by atoms with Gasteiger partial charge in [0.2, 0.25) is 0 Å². The van der Waals surface area contributed by atoms with Gasteiger partial charge in [0, 0.05) is 38.0 Å². The summed E-state index contributed by atoms with van der Waals surface area (Å²) in [6.07, 6.45) is 3.46. The first kappa shape index (κ1) is 31.7. The van der Waals surface area contributed by atoms with E-state index in [1.54, 1.807) is 44.2 Å². The zero-order valence-electron chi connectivity index (χ0n) is 24.2. The van der Waals surface area contributed by atoms with E-state index in [0.717, 1.165) is 0 Å². The number of hydrogen-bond acceptors (Lipinski definition) is 9. The lowest BCUT2D eigenvalue weighted by atomic mass is 9.91. The van der Waals surface area contributed by atoms with E-state index in [0.29, 0.717) is 41.8 Å². The van der Waals surface area contributed by atoms with E-state index >= 15 is 0 Å². The van der Waals surface area contributed by atoms with E-state index < -0.39 is 42.5 Å². The van der Waals surface area contributed by atoms with Crippen molar-refractivity contribution in [1.82, 2.24) is 0 Å². The number of methoxy groups -OCH3 is 2. The van der Waals surface area contributed by atoms with Gasteiger partial charge in [0.15, 0.2) is 6.10 Å². The first-order chi connectivity index (χ1) is 19.5. The minimum atomic E-state index is -1.16. The number of anilines is 2. The number of ether oxygens (including phenoxy) is 4. The quantitative estimate of drug-likeness (QED) is 0.254. The van der Waals surface area contributed by atoms with Crippen LogP contribution in [0.4, 0.5) is 16.2 Å². The van der Waals surface area contributed by atoms with Crippen molar-refractivity contribution in [2.75, 3.05) is 31.4 Å². The predicted molar refractivity (Wildman–Crippen MR) is 156 cm³/mol. The van der Waals surface area contributed by atoms with Crippen molar-refractivity contribution in [1.29, 1.82) is 0 Å². The molecule has 0 saturated heterocycles. The molecular weight excluding hydrogens is 530 g/mol. The molecule has 0 spiro atoms. The highest BCUT2D eigenvalue weighted by atomic mass is 16.6. The SMILES string of the molecule is C=CCNc1c(O)cc2c3c1C[C@@H](C)C[C@H](OC)[C@H](O)[C@H](/C=C(\C)[C@H](OC(N)=O)[C@@H](OC)/C=C\C=C(/C)C(=O)N2)O3. The van der Waals surface area contributed by atoms with Crippen LogP contribution in [0.15, 0.2) is 54.2 Å². The van der Waals surface area contributed by atoms with Gasteiger partial charge in [-0.3, -0.25) is 4.79 Å². The molecule has 0 saturated carbocycles. The van der Waals surface area contributed by atoms with Crippen molar-refractivity contribution in [2.45, 2.75) is 64.1 Å². The van der Waals surface area contributed by atoms with E-state index in [-0.39, 0.29) is 23.1 Å². The van der Waals surface area contributed by atoms with Gasteiger partial charge in [-0.25, -0.2) is 4.79 Å². The van der Waals surface area contributed by atoms with Crippen LogP contribution in [0.3, 0.4) is 0 Å². The number of primary amides is 1. The number of fused-ring (bicyclic) bond motifs is 1. The molecule has 41 heavy (non-hydrogen) atoms. The van der Waals surface area contributed by atoms with Gasteiger partial charge in [0.1, 0.15) is 29.8 Å². The van der Waals surface area contributed by atoms with Crippen LogP contribution in [0.1, 0.15) is 32.8 Å². The zero-order valence-corrected chi connectivity index (χ0v) is 24.2. The van der Waals surface area contributed by atoms with Gasteiger partial charge in [-0.2, -0.15) is 0 Å². The molecule has 0 aromatic heterocycles. The third-order valence-corrected chi connectivity index (χ3v) is 7.19. The Morgan fingerprint density at radius 1 is 1.32 bits per heavy atom. The first-order valence-electron chi connectivity index (χ1n) is 13.4. The fraction of sp³-hybridized carbons (Fsp3) is 0.467. The van der Waals surface area contributed by atoms with Crippen molar-refractivity contribution < 1.29 is 38.7 Å². The highest BCUT2D eigenvalue weighted by molar-refractivity contribution is 6.05. The van der Waals surface area contributed by atoms with Crippen molar-refractivity contribution >= 4 is 23.4 Å². The summed E-state index contributed by atoms with van der Waals surface area (Å²) < 4.78 is 23.2. The maximum Gasteiger partial charge on any atom is 0.405 e. The van der Waals surface area contributed by atoms with E-state index in [4.69, 9.17) is 24.7 Å². The molecule has 0 fully saturated rings. The van der Waals surface area contributed by atoms with Crippen molar-refractivity contribution in [2.24, 2.45) is 11.7 Å². The average Bonchev–Trinajstić information content (AvgIpc) is 2.97. The number of carbonyl (C=O) groups is 2. The van der Waals surface area contributed by atoms with Crippen LogP contribution in [-0.4, -0.2) is 73.5 Å². The third kappa shape index (κ3) is 7.69. The van der Waals surface area contributed by atoms with E-state index in [2.05, 4.69) is 17.2 Å². The van der Waals surface area contributed by atoms with Crippen molar-refractivity contribution in [3.63, 3.8) is 0 Å². The van der Waals surface area contributed by atoms with Gasteiger partial charge in [-0.05, 0) is 44.3 Å². The monoisotopic (exact) mass is 571 g/mol. The lowest BCUT2D eigenvalue weighted by molar-refractivity contribution is -0.112. The molecular formula is C30H41N3O8. The summed E-state index contributed by atoms with van der Waals surface area (Å²) in [5, 5.41) is 28.6. The predicted octanol–water partition coefficient (Wildman–Crippen LogP) is 3.58. The molecule has 1 aromatic carbocycles. The number of phenolic OH excluding ortho intramolecular Hbond substituents is 1. The zero-order chi connectivity index (χ0) is 30.3. The van der Waals surface area contributed by atoms with Gasteiger partial charge >= 0.3 is 6.09 Å². The number of nitrogens with two attached hydrogens (primary N) is 1. The van der Waals surface area contributed by atoms with Crippen LogP contribution in [0, 0.1) is 5.92 Å². The molecule has 6 N–H and O–H groups in total. The summed E-state index contributed by atoms with van der Waals surface area (Å²) in [6, 6.07) is 1.41. The summed E-state index contributed by atoms with van der Waals surface area (Å²) in [4.78, 5) is 25.1. The number of carbonyl (C=O) groups excluding carboxylic acids is 2. The van der Waals surface area contributed by atoms with Crippen LogP contribution >= 0.6 is 0 Å². The van der Waals surface area contributed by atoms with Crippen LogP contribution in [-0.2, 0) is 25.4 Å². The number of benzene rings is 1. The molecule has 11 nitrogen and oxygen atoms in total. The van der Waals surface area contributed by atoms with Gasteiger partial charge in [-0.15, -0.1) is 6.58 Å². The molecule has 2 amide bonds.